The summed E-state index contributed by atoms with van der Waals surface area (Å²) in [6.45, 7) is 0.422. The first-order chi connectivity index (χ1) is 8.61. The molecule has 0 heterocycles. The first-order valence-electron chi connectivity index (χ1n) is 6.45. The van der Waals surface area contributed by atoms with E-state index in [9.17, 15) is 5.11 Å². The van der Waals surface area contributed by atoms with Gasteiger partial charge in [0.1, 0.15) is 0 Å². The van der Waals surface area contributed by atoms with Crippen molar-refractivity contribution in [1.82, 2.24) is 0 Å². The van der Waals surface area contributed by atoms with Crippen molar-refractivity contribution >= 4 is 23.2 Å². The summed E-state index contributed by atoms with van der Waals surface area (Å²) in [7, 11) is 0. The average Bonchev–Trinajstić information content (AvgIpc) is 2.29. The Balaban J connectivity index is 2.08. The molecular formula is C14H19Cl2NO. The normalized spacial score (nSPS) is 19.3. The van der Waals surface area contributed by atoms with Crippen molar-refractivity contribution < 1.29 is 5.11 Å². The molecule has 2 nitrogen and oxygen atoms in total. The number of rotatable bonds is 5. The van der Waals surface area contributed by atoms with Crippen LogP contribution in [0.15, 0.2) is 18.2 Å². The third kappa shape index (κ3) is 3.18. The number of halogens is 2. The van der Waals surface area contributed by atoms with E-state index in [-0.39, 0.29) is 5.92 Å². The van der Waals surface area contributed by atoms with Gasteiger partial charge in [-0.15, -0.1) is 0 Å². The van der Waals surface area contributed by atoms with E-state index in [4.69, 9.17) is 28.9 Å². The van der Waals surface area contributed by atoms with Crippen molar-refractivity contribution in [2.45, 2.75) is 37.7 Å². The molecule has 0 bridgehead atoms. The standard InChI is InChI=1S/C14H19Cl2NO/c15-12-5-4-10(7-13(12)16)11(8-17)14(18)6-9-2-1-3-9/h4-5,7,9,11,14,18H,1-3,6,8,17H2. The summed E-state index contributed by atoms with van der Waals surface area (Å²) in [5.74, 6) is 0.609. The Morgan fingerprint density at radius 2 is 2.00 bits per heavy atom. The average molecular weight is 288 g/mol. The molecule has 4 heteroatoms. The molecule has 3 N–H and O–H groups in total. The molecule has 2 rings (SSSR count). The number of hydrogen-bond donors (Lipinski definition) is 2. The monoisotopic (exact) mass is 287 g/mol. The molecule has 1 fully saturated rings. The highest BCUT2D eigenvalue weighted by Gasteiger charge is 2.26. The van der Waals surface area contributed by atoms with Gasteiger partial charge in [0.25, 0.3) is 0 Å². The van der Waals surface area contributed by atoms with Crippen LogP contribution in [0.5, 0.6) is 0 Å². The van der Waals surface area contributed by atoms with Crippen LogP contribution in [-0.4, -0.2) is 17.8 Å². The maximum Gasteiger partial charge on any atom is 0.0623 e. The molecule has 0 amide bonds. The molecule has 0 aromatic heterocycles. The van der Waals surface area contributed by atoms with Gasteiger partial charge in [0.05, 0.1) is 16.1 Å². The number of hydrogen-bond acceptors (Lipinski definition) is 2. The number of benzene rings is 1. The lowest BCUT2D eigenvalue weighted by molar-refractivity contribution is 0.0951. The van der Waals surface area contributed by atoms with E-state index >= 15 is 0 Å². The van der Waals surface area contributed by atoms with Gasteiger partial charge < -0.3 is 10.8 Å². The van der Waals surface area contributed by atoms with Gasteiger partial charge in [-0.25, -0.2) is 0 Å². The largest absolute Gasteiger partial charge is 0.392 e. The highest BCUT2D eigenvalue weighted by molar-refractivity contribution is 6.42. The van der Waals surface area contributed by atoms with Crippen LogP contribution in [0.3, 0.4) is 0 Å². The van der Waals surface area contributed by atoms with Gasteiger partial charge in [-0.3, -0.25) is 0 Å². The Kier molecular flexibility index (Phi) is 4.91. The number of nitrogens with two attached hydrogens (primary N) is 1. The maximum atomic E-state index is 10.3. The lowest BCUT2D eigenvalue weighted by Crippen LogP contribution is -2.29. The Bertz CT molecular complexity index is 407. The summed E-state index contributed by atoms with van der Waals surface area (Å²) < 4.78 is 0. The van der Waals surface area contributed by atoms with Crippen molar-refractivity contribution in [3.05, 3.63) is 33.8 Å². The van der Waals surface area contributed by atoms with E-state index in [1.54, 1.807) is 6.07 Å². The Hall–Kier alpha value is -0.280. The summed E-state index contributed by atoms with van der Waals surface area (Å²) in [6.07, 6.45) is 4.20. The van der Waals surface area contributed by atoms with E-state index in [1.165, 1.54) is 19.3 Å². The van der Waals surface area contributed by atoms with Gasteiger partial charge in [-0.2, -0.15) is 0 Å². The lowest BCUT2D eigenvalue weighted by atomic mass is 9.78. The molecule has 0 aliphatic heterocycles. The molecule has 0 radical (unpaired) electrons. The second-order valence-corrected chi connectivity index (χ2v) is 5.93. The van der Waals surface area contributed by atoms with E-state index in [2.05, 4.69) is 0 Å². The van der Waals surface area contributed by atoms with Crippen LogP contribution < -0.4 is 5.73 Å². The van der Waals surface area contributed by atoms with Crippen molar-refractivity contribution in [2.24, 2.45) is 11.7 Å². The summed E-state index contributed by atoms with van der Waals surface area (Å²) in [4.78, 5) is 0. The van der Waals surface area contributed by atoms with E-state index in [1.807, 2.05) is 12.1 Å². The smallest absolute Gasteiger partial charge is 0.0623 e. The highest BCUT2D eigenvalue weighted by atomic mass is 35.5. The molecule has 1 aliphatic carbocycles. The third-order valence-electron chi connectivity index (χ3n) is 3.89. The van der Waals surface area contributed by atoms with Crippen LogP contribution in [0.25, 0.3) is 0 Å². The van der Waals surface area contributed by atoms with Gasteiger partial charge in [0.15, 0.2) is 0 Å². The van der Waals surface area contributed by atoms with Crippen LogP contribution in [0.4, 0.5) is 0 Å². The van der Waals surface area contributed by atoms with Crippen LogP contribution in [0, 0.1) is 5.92 Å². The summed E-state index contributed by atoms with van der Waals surface area (Å²) in [6, 6.07) is 5.47. The highest BCUT2D eigenvalue weighted by Crippen LogP contribution is 2.35. The van der Waals surface area contributed by atoms with Crippen LogP contribution >= 0.6 is 23.2 Å². The molecule has 18 heavy (non-hydrogen) atoms. The van der Waals surface area contributed by atoms with E-state index in [0.29, 0.717) is 22.5 Å². The molecule has 1 aromatic carbocycles. The minimum absolute atomic E-state index is 0.0552. The van der Waals surface area contributed by atoms with Crippen molar-refractivity contribution in [2.75, 3.05) is 6.54 Å². The molecule has 1 aromatic rings. The van der Waals surface area contributed by atoms with Crippen LogP contribution in [0.1, 0.15) is 37.2 Å². The zero-order valence-electron chi connectivity index (χ0n) is 10.3. The molecular weight excluding hydrogens is 269 g/mol. The topological polar surface area (TPSA) is 46.2 Å². The van der Waals surface area contributed by atoms with Gasteiger partial charge in [-0.1, -0.05) is 48.5 Å². The fourth-order valence-corrected chi connectivity index (χ4v) is 2.80. The fraction of sp³-hybridized carbons (Fsp3) is 0.571. The SMILES string of the molecule is NCC(c1ccc(Cl)c(Cl)c1)C(O)CC1CCC1. The molecule has 2 atom stereocenters. The number of aliphatic hydroxyl groups excluding tert-OH is 1. The molecule has 1 aliphatic rings. The zero-order chi connectivity index (χ0) is 13.1. The van der Waals surface area contributed by atoms with E-state index < -0.39 is 6.10 Å². The van der Waals surface area contributed by atoms with Gasteiger partial charge in [0, 0.05) is 12.5 Å². The van der Waals surface area contributed by atoms with Gasteiger partial charge >= 0.3 is 0 Å². The summed E-state index contributed by atoms with van der Waals surface area (Å²) >= 11 is 11.9. The predicted octanol–water partition coefficient (Wildman–Crippen LogP) is 3.59. The first kappa shape index (κ1) is 14.1. The molecule has 100 valence electrons. The Morgan fingerprint density at radius 3 is 2.50 bits per heavy atom. The van der Waals surface area contributed by atoms with Crippen molar-refractivity contribution in [3.63, 3.8) is 0 Å². The van der Waals surface area contributed by atoms with Crippen LogP contribution in [0.2, 0.25) is 10.0 Å². The Morgan fingerprint density at radius 1 is 1.28 bits per heavy atom. The van der Waals surface area contributed by atoms with Gasteiger partial charge in [-0.05, 0) is 30.0 Å². The first-order valence-corrected chi connectivity index (χ1v) is 7.20. The second kappa shape index (κ2) is 6.25. The van der Waals surface area contributed by atoms with Crippen molar-refractivity contribution in [3.8, 4) is 0 Å². The van der Waals surface area contributed by atoms with Crippen LogP contribution in [-0.2, 0) is 0 Å². The zero-order valence-corrected chi connectivity index (χ0v) is 11.8. The second-order valence-electron chi connectivity index (χ2n) is 5.12. The molecule has 0 spiro atoms. The molecule has 1 saturated carbocycles. The number of aliphatic hydroxyl groups is 1. The molecule has 0 saturated heterocycles. The third-order valence-corrected chi connectivity index (χ3v) is 4.63. The van der Waals surface area contributed by atoms with Gasteiger partial charge in [0.2, 0.25) is 0 Å². The van der Waals surface area contributed by atoms with Crippen molar-refractivity contribution in [1.29, 1.82) is 0 Å². The van der Waals surface area contributed by atoms with E-state index in [0.717, 1.165) is 12.0 Å². The molecule has 2 unspecified atom stereocenters. The fourth-order valence-electron chi connectivity index (χ4n) is 2.49. The quantitative estimate of drug-likeness (QED) is 0.869. The maximum absolute atomic E-state index is 10.3. The minimum atomic E-state index is -0.391. The summed E-state index contributed by atoms with van der Waals surface area (Å²) in [5, 5.41) is 11.4. The lowest BCUT2D eigenvalue weighted by Gasteiger charge is -2.31. The summed E-state index contributed by atoms with van der Waals surface area (Å²) in [5.41, 5.74) is 6.76. The Labute approximate surface area is 118 Å². The predicted molar refractivity (Wildman–Crippen MR) is 76.2 cm³/mol. The minimum Gasteiger partial charge on any atom is -0.392 e.